The molecule has 0 aromatic heterocycles. The molecular weight excluding hydrogens is 372 g/mol. The fourth-order valence-corrected chi connectivity index (χ4v) is 4.61. The molecule has 0 unspecified atom stereocenters. The van der Waals surface area contributed by atoms with Gasteiger partial charge in [-0.3, -0.25) is 0 Å². The highest BCUT2D eigenvalue weighted by Gasteiger charge is 2.21. The predicted octanol–water partition coefficient (Wildman–Crippen LogP) is 8.30. The zero-order valence-corrected chi connectivity index (χ0v) is 18.6. The smallest absolute Gasteiger partial charge is 0.0249 e. The van der Waals surface area contributed by atoms with Gasteiger partial charge < -0.3 is 0 Å². The summed E-state index contributed by atoms with van der Waals surface area (Å²) in [6, 6.07) is 26.2. The number of hydrogen-bond acceptors (Lipinski definition) is 0. The maximum Gasteiger partial charge on any atom is 0.0249 e. The third-order valence-corrected chi connectivity index (χ3v) is 6.63. The normalized spacial score (nSPS) is 18.1. The number of rotatable bonds is 5. The first kappa shape index (κ1) is 21.2. The lowest BCUT2D eigenvalue weighted by Crippen LogP contribution is -2.13. The van der Waals surface area contributed by atoms with E-state index >= 15 is 0 Å². The summed E-state index contributed by atoms with van der Waals surface area (Å²) in [5.74, 6) is 8.16. The van der Waals surface area contributed by atoms with Crippen molar-refractivity contribution in [1.82, 2.24) is 0 Å². The first-order valence-corrected chi connectivity index (χ1v) is 11.6. The van der Waals surface area contributed by atoms with E-state index in [1.165, 1.54) is 60.8 Å². The van der Waals surface area contributed by atoms with E-state index in [1.807, 2.05) is 0 Å². The van der Waals surface area contributed by atoms with Crippen LogP contribution in [-0.4, -0.2) is 0 Å². The van der Waals surface area contributed by atoms with Gasteiger partial charge in [-0.2, -0.15) is 0 Å². The van der Waals surface area contributed by atoms with Gasteiger partial charge in [-0.15, -0.1) is 6.58 Å². The summed E-state index contributed by atoms with van der Waals surface area (Å²) in [6.45, 7) is 5.96. The van der Waals surface area contributed by atoms with Crippen LogP contribution in [0.3, 0.4) is 0 Å². The lowest BCUT2D eigenvalue weighted by Gasteiger charge is -2.28. The highest BCUT2D eigenvalue weighted by atomic mass is 14.3. The van der Waals surface area contributed by atoms with Crippen LogP contribution in [0.15, 0.2) is 85.5 Å². The lowest BCUT2D eigenvalue weighted by molar-refractivity contribution is 0.312. The van der Waals surface area contributed by atoms with Crippen LogP contribution in [0, 0.1) is 24.7 Å². The molecule has 156 valence electrons. The molecule has 3 aromatic rings. The van der Waals surface area contributed by atoms with E-state index in [4.69, 9.17) is 0 Å². The summed E-state index contributed by atoms with van der Waals surface area (Å²) < 4.78 is 0. The largest absolute Gasteiger partial charge is 0.103 e. The average Bonchev–Trinajstić information content (AvgIpc) is 2.83. The second kappa shape index (κ2) is 10.3. The molecule has 0 nitrogen and oxygen atoms in total. The SMILES string of the molecule is C=CCCC1CCC(c2ccc(-c3ccc(C#Cc4ccc(C)cc4)cc3)cc2)CC1. The molecule has 0 spiro atoms. The van der Waals surface area contributed by atoms with E-state index in [-0.39, 0.29) is 0 Å². The van der Waals surface area contributed by atoms with Crippen molar-refractivity contribution in [3.05, 3.63) is 108 Å². The molecule has 0 aliphatic heterocycles. The van der Waals surface area contributed by atoms with Gasteiger partial charge in [-0.25, -0.2) is 0 Å². The Hall–Kier alpha value is -3.04. The maximum absolute atomic E-state index is 3.86. The zero-order valence-electron chi connectivity index (χ0n) is 18.6. The Labute approximate surface area is 188 Å². The first-order chi connectivity index (χ1) is 15.2. The molecule has 0 atom stereocenters. The van der Waals surface area contributed by atoms with Crippen LogP contribution in [0.1, 0.15) is 66.7 Å². The first-order valence-electron chi connectivity index (χ1n) is 11.6. The molecule has 0 bridgehead atoms. The van der Waals surface area contributed by atoms with Gasteiger partial charge in [-0.1, -0.05) is 72.0 Å². The van der Waals surface area contributed by atoms with E-state index in [9.17, 15) is 0 Å². The minimum absolute atomic E-state index is 0.730. The monoisotopic (exact) mass is 404 g/mol. The van der Waals surface area contributed by atoms with Crippen LogP contribution in [-0.2, 0) is 0 Å². The van der Waals surface area contributed by atoms with Crippen molar-refractivity contribution in [1.29, 1.82) is 0 Å². The van der Waals surface area contributed by atoms with Gasteiger partial charge in [0.1, 0.15) is 0 Å². The molecule has 0 N–H and O–H groups in total. The average molecular weight is 405 g/mol. The van der Waals surface area contributed by atoms with Crippen molar-refractivity contribution in [3.8, 4) is 23.0 Å². The summed E-state index contributed by atoms with van der Waals surface area (Å²) in [7, 11) is 0. The van der Waals surface area contributed by atoms with E-state index in [0.29, 0.717) is 0 Å². The van der Waals surface area contributed by atoms with E-state index in [2.05, 4.69) is 104 Å². The fourth-order valence-electron chi connectivity index (χ4n) is 4.61. The van der Waals surface area contributed by atoms with Crippen LogP contribution in [0.5, 0.6) is 0 Å². The Kier molecular flexibility index (Phi) is 7.06. The van der Waals surface area contributed by atoms with Crippen molar-refractivity contribution < 1.29 is 0 Å². The summed E-state index contributed by atoms with van der Waals surface area (Å²) in [5.41, 5.74) is 7.40. The Bertz CT molecular complexity index is 1030. The summed E-state index contributed by atoms with van der Waals surface area (Å²) in [6.07, 6.45) is 9.94. The van der Waals surface area contributed by atoms with Gasteiger partial charge in [0.2, 0.25) is 0 Å². The van der Waals surface area contributed by atoms with Crippen molar-refractivity contribution in [2.24, 2.45) is 5.92 Å². The van der Waals surface area contributed by atoms with Gasteiger partial charge in [-0.05, 0) is 98.2 Å². The Balaban J connectivity index is 1.37. The molecular formula is C31H32. The third-order valence-electron chi connectivity index (χ3n) is 6.63. The highest BCUT2D eigenvalue weighted by Crippen LogP contribution is 2.38. The molecule has 0 radical (unpaired) electrons. The molecule has 0 heteroatoms. The molecule has 1 fully saturated rings. The lowest BCUT2D eigenvalue weighted by atomic mass is 9.77. The minimum atomic E-state index is 0.730. The fraction of sp³-hybridized carbons (Fsp3) is 0.290. The zero-order chi connectivity index (χ0) is 21.5. The summed E-state index contributed by atoms with van der Waals surface area (Å²) in [4.78, 5) is 0. The quantitative estimate of drug-likeness (QED) is 0.296. The molecule has 4 rings (SSSR count). The van der Waals surface area contributed by atoms with Gasteiger partial charge in [0.05, 0.1) is 0 Å². The van der Waals surface area contributed by atoms with Gasteiger partial charge in [0.15, 0.2) is 0 Å². The molecule has 0 heterocycles. The number of aryl methyl sites for hydroxylation is 1. The van der Waals surface area contributed by atoms with Crippen molar-refractivity contribution in [3.63, 3.8) is 0 Å². The summed E-state index contributed by atoms with van der Waals surface area (Å²) >= 11 is 0. The Morgan fingerprint density at radius 3 is 1.81 bits per heavy atom. The second-order valence-electron chi connectivity index (χ2n) is 8.90. The standard InChI is InChI=1S/C31H32/c1-3-4-5-25-12-16-28(17-13-25)30-20-22-31(23-21-30)29-18-14-27(15-19-29)11-10-26-8-6-24(2)7-9-26/h3,6-9,14-15,18-23,25,28H,1,4-5,12-13,16-17H2,2H3. The minimum Gasteiger partial charge on any atom is -0.103 e. The van der Waals surface area contributed by atoms with Gasteiger partial charge in [0, 0.05) is 11.1 Å². The van der Waals surface area contributed by atoms with E-state index in [0.717, 1.165) is 23.0 Å². The number of allylic oxidation sites excluding steroid dienone is 1. The van der Waals surface area contributed by atoms with Crippen LogP contribution in [0.4, 0.5) is 0 Å². The van der Waals surface area contributed by atoms with Crippen LogP contribution in [0.2, 0.25) is 0 Å². The Morgan fingerprint density at radius 2 is 1.26 bits per heavy atom. The van der Waals surface area contributed by atoms with E-state index < -0.39 is 0 Å². The predicted molar refractivity (Wildman–Crippen MR) is 133 cm³/mol. The molecule has 3 aromatic carbocycles. The van der Waals surface area contributed by atoms with Gasteiger partial charge >= 0.3 is 0 Å². The number of benzene rings is 3. The molecule has 0 amide bonds. The second-order valence-corrected chi connectivity index (χ2v) is 8.90. The van der Waals surface area contributed by atoms with Crippen LogP contribution in [0.25, 0.3) is 11.1 Å². The van der Waals surface area contributed by atoms with Gasteiger partial charge in [0.25, 0.3) is 0 Å². The number of hydrogen-bond donors (Lipinski definition) is 0. The summed E-state index contributed by atoms with van der Waals surface area (Å²) in [5, 5.41) is 0. The molecule has 1 saturated carbocycles. The molecule has 0 saturated heterocycles. The highest BCUT2D eigenvalue weighted by molar-refractivity contribution is 5.65. The van der Waals surface area contributed by atoms with Crippen molar-refractivity contribution >= 4 is 0 Å². The van der Waals surface area contributed by atoms with Crippen molar-refractivity contribution in [2.75, 3.05) is 0 Å². The Morgan fingerprint density at radius 1 is 0.742 bits per heavy atom. The molecule has 31 heavy (non-hydrogen) atoms. The maximum atomic E-state index is 3.86. The topological polar surface area (TPSA) is 0 Å². The van der Waals surface area contributed by atoms with Crippen molar-refractivity contribution in [2.45, 2.75) is 51.4 Å². The molecule has 1 aliphatic rings. The van der Waals surface area contributed by atoms with Crippen LogP contribution < -0.4 is 0 Å². The molecule has 1 aliphatic carbocycles. The van der Waals surface area contributed by atoms with Crippen LogP contribution >= 0.6 is 0 Å². The third kappa shape index (κ3) is 5.77. The van der Waals surface area contributed by atoms with E-state index in [1.54, 1.807) is 0 Å².